The SMILES string of the molecule is CC(N)C1CCCCN1C(=O)COCCc1ccccc1.Cl. The lowest BCUT2D eigenvalue weighted by atomic mass is 9.97. The predicted molar refractivity (Wildman–Crippen MR) is 91.2 cm³/mol. The Labute approximate surface area is 139 Å². The van der Waals surface area contributed by atoms with E-state index in [1.165, 1.54) is 5.56 Å². The number of hydrogen-bond acceptors (Lipinski definition) is 3. The van der Waals surface area contributed by atoms with Crippen molar-refractivity contribution < 1.29 is 9.53 Å². The van der Waals surface area contributed by atoms with Crippen LogP contribution in [-0.4, -0.2) is 42.6 Å². The number of hydrogen-bond donors (Lipinski definition) is 1. The molecule has 1 aliphatic heterocycles. The van der Waals surface area contributed by atoms with Crippen LogP contribution in [0, 0.1) is 0 Å². The fraction of sp³-hybridized carbons (Fsp3) is 0.588. The van der Waals surface area contributed by atoms with E-state index in [-0.39, 0.29) is 37.0 Å². The van der Waals surface area contributed by atoms with Crippen molar-refractivity contribution >= 4 is 18.3 Å². The average Bonchev–Trinajstić information content (AvgIpc) is 2.52. The Balaban J connectivity index is 0.00000242. The minimum atomic E-state index is 0. The van der Waals surface area contributed by atoms with Gasteiger partial charge in [0.1, 0.15) is 6.61 Å². The standard InChI is InChI=1S/C17H26N2O2.ClH/c1-14(18)16-9-5-6-11-19(16)17(20)13-21-12-10-15-7-3-2-4-8-15;/h2-4,7-8,14,16H,5-6,9-13,18H2,1H3;1H. The summed E-state index contributed by atoms with van der Waals surface area (Å²) in [5.74, 6) is 0.0741. The lowest BCUT2D eigenvalue weighted by Crippen LogP contribution is -2.52. The Hall–Kier alpha value is -1.10. The summed E-state index contributed by atoms with van der Waals surface area (Å²) in [4.78, 5) is 14.2. The second-order valence-electron chi connectivity index (χ2n) is 5.80. The molecule has 124 valence electrons. The monoisotopic (exact) mass is 326 g/mol. The second-order valence-corrected chi connectivity index (χ2v) is 5.80. The zero-order valence-corrected chi connectivity index (χ0v) is 14.1. The number of benzene rings is 1. The van der Waals surface area contributed by atoms with Gasteiger partial charge in [0.15, 0.2) is 0 Å². The molecular weight excluding hydrogens is 300 g/mol. The maximum absolute atomic E-state index is 12.3. The Morgan fingerprint density at radius 2 is 2.09 bits per heavy atom. The zero-order valence-electron chi connectivity index (χ0n) is 13.2. The van der Waals surface area contributed by atoms with E-state index < -0.39 is 0 Å². The Morgan fingerprint density at radius 1 is 1.36 bits per heavy atom. The quantitative estimate of drug-likeness (QED) is 0.817. The summed E-state index contributed by atoms with van der Waals surface area (Å²) in [5, 5.41) is 0. The first-order valence-electron chi connectivity index (χ1n) is 7.85. The van der Waals surface area contributed by atoms with Crippen LogP contribution in [0.2, 0.25) is 0 Å². The van der Waals surface area contributed by atoms with Crippen molar-refractivity contribution in [3.8, 4) is 0 Å². The van der Waals surface area contributed by atoms with Crippen molar-refractivity contribution in [2.24, 2.45) is 5.73 Å². The predicted octanol–water partition coefficient (Wildman–Crippen LogP) is 2.40. The van der Waals surface area contributed by atoms with Gasteiger partial charge in [0.25, 0.3) is 0 Å². The molecule has 1 fully saturated rings. The first-order valence-corrected chi connectivity index (χ1v) is 7.85. The Kier molecular flexibility index (Phi) is 8.46. The van der Waals surface area contributed by atoms with Crippen LogP contribution < -0.4 is 5.73 Å². The molecule has 1 aromatic carbocycles. The normalized spacial score (nSPS) is 19.4. The van der Waals surface area contributed by atoms with Gasteiger partial charge in [-0.3, -0.25) is 4.79 Å². The summed E-state index contributed by atoms with van der Waals surface area (Å²) in [6, 6.07) is 10.4. The van der Waals surface area contributed by atoms with E-state index in [0.717, 1.165) is 32.2 Å². The van der Waals surface area contributed by atoms with E-state index in [2.05, 4.69) is 12.1 Å². The van der Waals surface area contributed by atoms with Gasteiger partial charge in [0, 0.05) is 18.6 Å². The number of nitrogens with zero attached hydrogens (tertiary/aromatic N) is 1. The summed E-state index contributed by atoms with van der Waals surface area (Å²) in [6.45, 7) is 3.53. The molecule has 0 aliphatic carbocycles. The maximum atomic E-state index is 12.3. The van der Waals surface area contributed by atoms with Gasteiger partial charge in [-0.1, -0.05) is 30.3 Å². The average molecular weight is 327 g/mol. The number of rotatable bonds is 6. The Morgan fingerprint density at radius 3 is 2.77 bits per heavy atom. The molecule has 0 bridgehead atoms. The van der Waals surface area contributed by atoms with E-state index in [4.69, 9.17) is 10.5 Å². The van der Waals surface area contributed by atoms with E-state index in [0.29, 0.717) is 6.61 Å². The van der Waals surface area contributed by atoms with Crippen LogP contribution in [0.4, 0.5) is 0 Å². The van der Waals surface area contributed by atoms with Crippen LogP contribution in [0.1, 0.15) is 31.7 Å². The number of amides is 1. The highest BCUT2D eigenvalue weighted by Crippen LogP contribution is 2.19. The summed E-state index contributed by atoms with van der Waals surface area (Å²) < 4.78 is 5.55. The summed E-state index contributed by atoms with van der Waals surface area (Å²) in [7, 11) is 0. The van der Waals surface area contributed by atoms with Crippen LogP contribution in [0.5, 0.6) is 0 Å². The Bertz CT molecular complexity index is 440. The van der Waals surface area contributed by atoms with Gasteiger partial charge in [-0.2, -0.15) is 0 Å². The lowest BCUT2D eigenvalue weighted by molar-refractivity contribution is -0.140. The van der Waals surface area contributed by atoms with Crippen LogP contribution in [-0.2, 0) is 16.0 Å². The molecule has 0 spiro atoms. The van der Waals surface area contributed by atoms with Gasteiger partial charge >= 0.3 is 0 Å². The van der Waals surface area contributed by atoms with Gasteiger partial charge in [0.2, 0.25) is 5.91 Å². The third-order valence-corrected chi connectivity index (χ3v) is 4.08. The van der Waals surface area contributed by atoms with Crippen molar-refractivity contribution in [2.45, 2.75) is 44.7 Å². The number of carbonyl (C=O) groups excluding carboxylic acids is 1. The number of ether oxygens (including phenoxy) is 1. The molecule has 5 heteroatoms. The number of likely N-dealkylation sites (tertiary alicyclic amines) is 1. The molecule has 1 aliphatic rings. The molecule has 1 amide bonds. The lowest BCUT2D eigenvalue weighted by Gasteiger charge is -2.38. The fourth-order valence-corrected chi connectivity index (χ4v) is 2.89. The van der Waals surface area contributed by atoms with Crippen LogP contribution in [0.15, 0.2) is 30.3 Å². The van der Waals surface area contributed by atoms with Gasteiger partial charge < -0.3 is 15.4 Å². The number of piperidine rings is 1. The topological polar surface area (TPSA) is 55.6 Å². The maximum Gasteiger partial charge on any atom is 0.248 e. The molecule has 0 saturated carbocycles. The number of halogens is 1. The van der Waals surface area contributed by atoms with Crippen molar-refractivity contribution in [3.63, 3.8) is 0 Å². The summed E-state index contributed by atoms with van der Waals surface area (Å²) in [6.07, 6.45) is 4.07. The summed E-state index contributed by atoms with van der Waals surface area (Å²) >= 11 is 0. The fourth-order valence-electron chi connectivity index (χ4n) is 2.89. The zero-order chi connectivity index (χ0) is 15.1. The number of carbonyl (C=O) groups is 1. The van der Waals surface area contributed by atoms with Gasteiger partial charge in [0.05, 0.1) is 6.61 Å². The third-order valence-electron chi connectivity index (χ3n) is 4.08. The van der Waals surface area contributed by atoms with E-state index in [1.807, 2.05) is 30.0 Å². The molecule has 1 aromatic rings. The molecule has 2 unspecified atom stereocenters. The first kappa shape index (κ1) is 18.9. The van der Waals surface area contributed by atoms with Gasteiger partial charge in [-0.25, -0.2) is 0 Å². The minimum Gasteiger partial charge on any atom is -0.371 e. The summed E-state index contributed by atoms with van der Waals surface area (Å²) in [5.41, 5.74) is 7.22. The largest absolute Gasteiger partial charge is 0.371 e. The molecule has 4 nitrogen and oxygen atoms in total. The highest BCUT2D eigenvalue weighted by Gasteiger charge is 2.28. The molecule has 2 N–H and O–H groups in total. The first-order chi connectivity index (χ1) is 10.2. The van der Waals surface area contributed by atoms with E-state index in [1.54, 1.807) is 0 Å². The molecule has 1 heterocycles. The van der Waals surface area contributed by atoms with E-state index >= 15 is 0 Å². The van der Waals surface area contributed by atoms with Crippen molar-refractivity contribution in [1.29, 1.82) is 0 Å². The van der Waals surface area contributed by atoms with Crippen LogP contribution >= 0.6 is 12.4 Å². The molecule has 22 heavy (non-hydrogen) atoms. The van der Waals surface area contributed by atoms with Crippen LogP contribution in [0.3, 0.4) is 0 Å². The highest BCUT2D eigenvalue weighted by atomic mass is 35.5. The molecule has 0 aromatic heterocycles. The highest BCUT2D eigenvalue weighted by molar-refractivity contribution is 5.85. The van der Waals surface area contributed by atoms with Crippen molar-refractivity contribution in [3.05, 3.63) is 35.9 Å². The third kappa shape index (κ3) is 5.59. The molecule has 2 atom stereocenters. The van der Waals surface area contributed by atoms with Crippen LogP contribution in [0.25, 0.3) is 0 Å². The van der Waals surface area contributed by atoms with Gasteiger partial charge in [-0.15, -0.1) is 12.4 Å². The van der Waals surface area contributed by atoms with Crippen molar-refractivity contribution in [2.75, 3.05) is 19.8 Å². The van der Waals surface area contributed by atoms with Crippen molar-refractivity contribution in [1.82, 2.24) is 4.90 Å². The van der Waals surface area contributed by atoms with Gasteiger partial charge in [-0.05, 0) is 38.2 Å². The number of nitrogens with two attached hydrogens (primary N) is 1. The van der Waals surface area contributed by atoms with E-state index in [9.17, 15) is 4.79 Å². The molecule has 2 rings (SSSR count). The molecule has 1 saturated heterocycles. The smallest absolute Gasteiger partial charge is 0.248 e. The minimum absolute atomic E-state index is 0. The molecule has 0 radical (unpaired) electrons. The molecular formula is C17H27ClN2O2. The second kappa shape index (κ2) is 9.82.